The third-order valence-corrected chi connectivity index (χ3v) is 3.55. The van der Waals surface area contributed by atoms with Crippen LogP contribution in [0, 0.1) is 0 Å². The van der Waals surface area contributed by atoms with Crippen molar-refractivity contribution in [2.24, 2.45) is 0 Å². The molecule has 7 heteroatoms. The largest absolute Gasteiger partial charge is 0.491 e. The van der Waals surface area contributed by atoms with Crippen molar-refractivity contribution in [2.45, 2.75) is 32.2 Å². The van der Waals surface area contributed by atoms with Crippen LogP contribution in [-0.4, -0.2) is 23.7 Å². The molecule has 0 saturated carbocycles. The van der Waals surface area contributed by atoms with E-state index in [1.807, 2.05) is 13.8 Å². The van der Waals surface area contributed by atoms with Crippen LogP contribution < -0.4 is 10.1 Å². The Labute approximate surface area is 149 Å². The molecule has 2 rings (SSSR count). The predicted molar refractivity (Wildman–Crippen MR) is 90.9 cm³/mol. The van der Waals surface area contributed by atoms with Crippen molar-refractivity contribution < 1.29 is 27.8 Å². The van der Waals surface area contributed by atoms with Crippen molar-refractivity contribution in [3.63, 3.8) is 0 Å². The minimum absolute atomic E-state index is 0.0123. The minimum Gasteiger partial charge on any atom is -0.491 e. The lowest BCUT2D eigenvalue weighted by Crippen LogP contribution is -2.28. The highest BCUT2D eigenvalue weighted by Crippen LogP contribution is 2.29. The van der Waals surface area contributed by atoms with Crippen molar-refractivity contribution in [2.75, 3.05) is 6.54 Å². The Balaban J connectivity index is 1.96. The zero-order valence-electron chi connectivity index (χ0n) is 14.4. The fourth-order valence-corrected chi connectivity index (χ4v) is 2.29. The second-order valence-electron chi connectivity index (χ2n) is 6.04. The van der Waals surface area contributed by atoms with Gasteiger partial charge < -0.3 is 15.2 Å². The van der Waals surface area contributed by atoms with Gasteiger partial charge in [0.15, 0.2) is 0 Å². The second-order valence-corrected chi connectivity index (χ2v) is 6.04. The van der Waals surface area contributed by atoms with Gasteiger partial charge in [-0.15, -0.1) is 0 Å². The van der Waals surface area contributed by atoms with Gasteiger partial charge >= 0.3 is 6.18 Å². The summed E-state index contributed by atoms with van der Waals surface area (Å²) in [5.41, 5.74) is -0.172. The van der Waals surface area contributed by atoms with Gasteiger partial charge in [0.2, 0.25) is 0 Å². The van der Waals surface area contributed by atoms with Gasteiger partial charge in [-0.05, 0) is 55.8 Å². The number of rotatable bonds is 6. The topological polar surface area (TPSA) is 58.6 Å². The number of ether oxygens (including phenoxy) is 1. The Morgan fingerprint density at radius 3 is 2.38 bits per heavy atom. The van der Waals surface area contributed by atoms with Crippen molar-refractivity contribution in [1.82, 2.24) is 5.32 Å². The minimum atomic E-state index is -4.45. The number of halogens is 3. The van der Waals surface area contributed by atoms with Crippen LogP contribution in [0.25, 0.3) is 0 Å². The summed E-state index contributed by atoms with van der Waals surface area (Å²) in [5.74, 6) is 0.0398. The van der Waals surface area contributed by atoms with E-state index in [0.29, 0.717) is 11.3 Å². The Bertz CT molecular complexity index is 742. The van der Waals surface area contributed by atoms with Gasteiger partial charge in [0.05, 0.1) is 17.8 Å². The van der Waals surface area contributed by atoms with E-state index in [0.717, 1.165) is 24.3 Å². The molecule has 26 heavy (non-hydrogen) atoms. The Hall–Kier alpha value is -2.54. The molecule has 0 bridgehead atoms. The van der Waals surface area contributed by atoms with Crippen LogP contribution in [0.1, 0.15) is 41.4 Å². The molecule has 1 atom stereocenters. The maximum Gasteiger partial charge on any atom is 0.416 e. The van der Waals surface area contributed by atoms with E-state index < -0.39 is 23.8 Å². The fraction of sp³-hybridized carbons (Fsp3) is 0.316. The summed E-state index contributed by atoms with van der Waals surface area (Å²) in [6.45, 7) is 3.69. The lowest BCUT2D eigenvalue weighted by molar-refractivity contribution is -0.137. The number of benzene rings is 2. The van der Waals surface area contributed by atoms with Gasteiger partial charge in [0, 0.05) is 12.1 Å². The standard InChI is InChI=1S/C19H20F3NO3/c1-12(2)26-16-5-3-4-14(10-16)17(24)11-23-18(25)13-6-8-15(9-7-13)19(20,21)22/h3-10,12,17,24H,11H2,1-2H3,(H,23,25). The van der Waals surface area contributed by atoms with Crippen molar-refractivity contribution >= 4 is 5.91 Å². The van der Waals surface area contributed by atoms with Crippen molar-refractivity contribution in [3.8, 4) is 5.75 Å². The van der Waals surface area contributed by atoms with E-state index >= 15 is 0 Å². The van der Waals surface area contributed by atoms with Gasteiger partial charge in [-0.3, -0.25) is 4.79 Å². The van der Waals surface area contributed by atoms with Crippen LogP contribution in [0.2, 0.25) is 0 Å². The summed E-state index contributed by atoms with van der Waals surface area (Å²) in [7, 11) is 0. The van der Waals surface area contributed by atoms with E-state index in [1.54, 1.807) is 24.3 Å². The van der Waals surface area contributed by atoms with Crippen LogP contribution in [0.15, 0.2) is 48.5 Å². The molecule has 2 N–H and O–H groups in total. The van der Waals surface area contributed by atoms with Crippen LogP contribution in [0.5, 0.6) is 5.75 Å². The molecule has 2 aromatic rings. The van der Waals surface area contributed by atoms with Gasteiger partial charge in [0.1, 0.15) is 5.75 Å². The quantitative estimate of drug-likeness (QED) is 0.813. The molecule has 0 aliphatic carbocycles. The monoisotopic (exact) mass is 367 g/mol. The molecular weight excluding hydrogens is 347 g/mol. The SMILES string of the molecule is CC(C)Oc1cccc(C(O)CNC(=O)c2ccc(C(F)(F)F)cc2)c1. The zero-order chi connectivity index (χ0) is 19.3. The van der Waals surface area contributed by atoms with Gasteiger partial charge in [0.25, 0.3) is 5.91 Å². The van der Waals surface area contributed by atoms with E-state index in [-0.39, 0.29) is 18.2 Å². The molecule has 1 unspecified atom stereocenters. The number of aliphatic hydroxyl groups is 1. The lowest BCUT2D eigenvalue weighted by atomic mass is 10.1. The van der Waals surface area contributed by atoms with Crippen LogP contribution >= 0.6 is 0 Å². The zero-order valence-corrected chi connectivity index (χ0v) is 14.4. The highest BCUT2D eigenvalue weighted by Gasteiger charge is 2.30. The number of amides is 1. The Kier molecular flexibility index (Phi) is 6.26. The first-order chi connectivity index (χ1) is 12.2. The summed E-state index contributed by atoms with van der Waals surface area (Å²) in [5, 5.41) is 12.7. The molecule has 0 aromatic heterocycles. The summed E-state index contributed by atoms with van der Waals surface area (Å²) in [4.78, 5) is 12.0. The average Bonchev–Trinajstić information content (AvgIpc) is 2.58. The van der Waals surface area contributed by atoms with Gasteiger partial charge in [-0.25, -0.2) is 0 Å². The molecular formula is C19H20F3NO3. The molecule has 0 heterocycles. The molecule has 0 spiro atoms. The first kappa shape index (κ1) is 19.8. The number of carbonyl (C=O) groups is 1. The molecule has 0 radical (unpaired) electrons. The van der Waals surface area contributed by atoms with Gasteiger partial charge in [-0.1, -0.05) is 12.1 Å². The first-order valence-electron chi connectivity index (χ1n) is 8.07. The molecule has 4 nitrogen and oxygen atoms in total. The van der Waals surface area contributed by atoms with E-state index in [9.17, 15) is 23.1 Å². The number of hydrogen-bond acceptors (Lipinski definition) is 3. The molecule has 0 fully saturated rings. The number of nitrogens with one attached hydrogen (secondary N) is 1. The van der Waals surface area contributed by atoms with Gasteiger partial charge in [-0.2, -0.15) is 13.2 Å². The van der Waals surface area contributed by atoms with Crippen LogP contribution in [0.3, 0.4) is 0 Å². The number of alkyl halides is 3. The summed E-state index contributed by atoms with van der Waals surface area (Å²) >= 11 is 0. The lowest BCUT2D eigenvalue weighted by Gasteiger charge is -2.15. The van der Waals surface area contributed by atoms with E-state index in [4.69, 9.17) is 4.74 Å². The highest BCUT2D eigenvalue weighted by atomic mass is 19.4. The van der Waals surface area contributed by atoms with E-state index in [2.05, 4.69) is 5.32 Å². The smallest absolute Gasteiger partial charge is 0.416 e. The molecule has 2 aromatic carbocycles. The molecule has 0 saturated heterocycles. The summed E-state index contributed by atoms with van der Waals surface area (Å²) in [6.07, 6.45) is -5.43. The Morgan fingerprint density at radius 2 is 1.81 bits per heavy atom. The molecule has 140 valence electrons. The third-order valence-electron chi connectivity index (χ3n) is 3.55. The van der Waals surface area contributed by atoms with E-state index in [1.165, 1.54) is 0 Å². The normalized spacial score (nSPS) is 12.7. The predicted octanol–water partition coefficient (Wildman–Crippen LogP) is 3.96. The van der Waals surface area contributed by atoms with Crippen LogP contribution in [-0.2, 0) is 6.18 Å². The number of aliphatic hydroxyl groups excluding tert-OH is 1. The maximum atomic E-state index is 12.5. The fourth-order valence-electron chi connectivity index (χ4n) is 2.29. The maximum absolute atomic E-state index is 12.5. The third kappa shape index (κ3) is 5.49. The Morgan fingerprint density at radius 1 is 1.15 bits per heavy atom. The summed E-state index contributed by atoms with van der Waals surface area (Å²) < 4.78 is 43.1. The summed E-state index contributed by atoms with van der Waals surface area (Å²) in [6, 6.07) is 10.8. The molecule has 1 amide bonds. The number of carbonyl (C=O) groups excluding carboxylic acids is 1. The van der Waals surface area contributed by atoms with Crippen molar-refractivity contribution in [3.05, 3.63) is 65.2 Å². The molecule has 0 aliphatic heterocycles. The van der Waals surface area contributed by atoms with Crippen molar-refractivity contribution in [1.29, 1.82) is 0 Å². The number of hydrogen-bond donors (Lipinski definition) is 2. The highest BCUT2D eigenvalue weighted by molar-refractivity contribution is 5.94. The second kappa shape index (κ2) is 8.23. The molecule has 0 aliphatic rings. The van der Waals surface area contributed by atoms with Crippen LogP contribution in [0.4, 0.5) is 13.2 Å². The average molecular weight is 367 g/mol. The first-order valence-corrected chi connectivity index (χ1v) is 8.07.